The Morgan fingerprint density at radius 1 is 1.13 bits per heavy atom. The first-order chi connectivity index (χ1) is 14.5. The monoisotopic (exact) mass is 428 g/mol. The van der Waals surface area contributed by atoms with E-state index in [-0.39, 0.29) is 24.2 Å². The van der Waals surface area contributed by atoms with E-state index >= 15 is 0 Å². The van der Waals surface area contributed by atoms with Crippen molar-refractivity contribution in [3.05, 3.63) is 48.0 Å². The Morgan fingerprint density at radius 2 is 1.83 bits per heavy atom. The first kappa shape index (κ1) is 22.0. The molecule has 7 heteroatoms. The summed E-state index contributed by atoms with van der Waals surface area (Å²) in [5.74, 6) is 1.05. The third kappa shape index (κ3) is 4.90. The number of thioether (sulfide) groups is 1. The predicted molar refractivity (Wildman–Crippen MR) is 120 cm³/mol. The minimum atomic E-state index is -0.312. The van der Waals surface area contributed by atoms with E-state index in [1.165, 1.54) is 0 Å². The van der Waals surface area contributed by atoms with Crippen LogP contribution in [0.3, 0.4) is 0 Å². The maximum atomic E-state index is 12.9. The number of hydrogen-bond acceptors (Lipinski definition) is 5. The van der Waals surface area contributed by atoms with Gasteiger partial charge in [-0.3, -0.25) is 9.59 Å². The summed E-state index contributed by atoms with van der Waals surface area (Å²) >= 11 is 1.66. The van der Waals surface area contributed by atoms with E-state index in [1.54, 1.807) is 42.8 Å². The van der Waals surface area contributed by atoms with Gasteiger partial charge in [0, 0.05) is 37.1 Å². The number of carbonyl (C=O) groups is 2. The van der Waals surface area contributed by atoms with Gasteiger partial charge >= 0.3 is 0 Å². The normalized spacial score (nSPS) is 15.9. The van der Waals surface area contributed by atoms with Gasteiger partial charge in [-0.15, -0.1) is 11.8 Å². The number of benzene rings is 2. The van der Waals surface area contributed by atoms with E-state index in [0.29, 0.717) is 31.0 Å². The molecular weight excluding hydrogens is 400 g/mol. The van der Waals surface area contributed by atoms with Crippen LogP contribution in [0.15, 0.2) is 47.4 Å². The van der Waals surface area contributed by atoms with Crippen molar-refractivity contribution in [2.24, 2.45) is 5.92 Å². The van der Waals surface area contributed by atoms with Gasteiger partial charge in [-0.2, -0.15) is 0 Å². The van der Waals surface area contributed by atoms with E-state index in [2.05, 4.69) is 0 Å². The molecule has 0 aliphatic carbocycles. The minimum Gasteiger partial charge on any atom is -0.493 e. The van der Waals surface area contributed by atoms with Crippen LogP contribution in [-0.4, -0.2) is 57.3 Å². The molecule has 6 nitrogen and oxygen atoms in total. The maximum Gasteiger partial charge on any atom is 0.227 e. The van der Waals surface area contributed by atoms with Gasteiger partial charge in [0.1, 0.15) is 0 Å². The first-order valence-corrected chi connectivity index (χ1v) is 11.1. The second-order valence-corrected chi connectivity index (χ2v) is 8.18. The second-order valence-electron chi connectivity index (χ2n) is 7.30. The smallest absolute Gasteiger partial charge is 0.227 e. The summed E-state index contributed by atoms with van der Waals surface area (Å²) in [5, 5.41) is 0. The molecule has 2 aromatic carbocycles. The molecule has 3 rings (SSSR count). The number of likely N-dealkylation sites (N-methyl/N-ethyl adjacent to an activating group) is 1. The van der Waals surface area contributed by atoms with Crippen LogP contribution in [0.5, 0.6) is 11.5 Å². The van der Waals surface area contributed by atoms with Gasteiger partial charge in [-0.1, -0.05) is 6.07 Å². The van der Waals surface area contributed by atoms with Crippen LogP contribution in [0.4, 0.5) is 5.69 Å². The van der Waals surface area contributed by atoms with Crippen LogP contribution >= 0.6 is 11.8 Å². The molecule has 160 valence electrons. The zero-order chi connectivity index (χ0) is 21.7. The number of amides is 2. The average molecular weight is 429 g/mol. The highest BCUT2D eigenvalue weighted by molar-refractivity contribution is 7.98. The first-order valence-electron chi connectivity index (χ1n) is 9.87. The maximum absolute atomic E-state index is 12.9. The zero-order valence-electron chi connectivity index (χ0n) is 17.9. The van der Waals surface area contributed by atoms with Gasteiger partial charge in [-0.05, 0) is 54.6 Å². The molecule has 1 aliphatic heterocycles. The van der Waals surface area contributed by atoms with E-state index in [4.69, 9.17) is 9.47 Å². The Bertz CT molecular complexity index is 901. The zero-order valence-corrected chi connectivity index (χ0v) is 18.7. The van der Waals surface area contributed by atoms with E-state index in [1.807, 2.05) is 48.7 Å². The van der Waals surface area contributed by atoms with Crippen molar-refractivity contribution in [2.45, 2.75) is 17.7 Å². The molecule has 30 heavy (non-hydrogen) atoms. The van der Waals surface area contributed by atoms with Crippen molar-refractivity contribution in [1.82, 2.24) is 4.90 Å². The summed E-state index contributed by atoms with van der Waals surface area (Å²) in [6, 6.07) is 13.6. The molecule has 0 N–H and O–H groups in total. The molecule has 2 amide bonds. The quantitative estimate of drug-likeness (QED) is 0.603. The fraction of sp³-hybridized carbons (Fsp3) is 0.391. The van der Waals surface area contributed by atoms with Gasteiger partial charge in [-0.25, -0.2) is 0 Å². The second kappa shape index (κ2) is 9.89. The molecule has 0 aromatic heterocycles. The van der Waals surface area contributed by atoms with Crippen LogP contribution in [0.1, 0.15) is 12.0 Å². The molecule has 1 heterocycles. The lowest BCUT2D eigenvalue weighted by atomic mass is 10.1. The summed E-state index contributed by atoms with van der Waals surface area (Å²) in [5.41, 5.74) is 1.91. The summed E-state index contributed by atoms with van der Waals surface area (Å²) in [6.45, 7) is 0.998. The molecule has 0 radical (unpaired) electrons. The van der Waals surface area contributed by atoms with Gasteiger partial charge < -0.3 is 19.3 Å². The van der Waals surface area contributed by atoms with E-state index < -0.39 is 0 Å². The van der Waals surface area contributed by atoms with Crippen LogP contribution in [0.2, 0.25) is 0 Å². The number of anilines is 1. The highest BCUT2D eigenvalue weighted by Gasteiger charge is 2.36. The number of methoxy groups -OCH3 is 2. The van der Waals surface area contributed by atoms with E-state index in [0.717, 1.165) is 16.1 Å². The Hall–Kier alpha value is -2.67. The summed E-state index contributed by atoms with van der Waals surface area (Å²) in [4.78, 5) is 30.0. The molecule has 0 bridgehead atoms. The predicted octanol–water partition coefficient (Wildman–Crippen LogP) is 3.48. The molecule has 1 fully saturated rings. The summed E-state index contributed by atoms with van der Waals surface area (Å²) < 4.78 is 10.6. The van der Waals surface area contributed by atoms with Crippen LogP contribution in [0, 0.1) is 5.92 Å². The Balaban J connectivity index is 1.59. The molecule has 1 saturated heterocycles. The SMILES string of the molecule is COc1ccc(CCN(C)C(=O)[C@H]2CC(=O)N(c3ccc(SC)cc3)C2)cc1OC. The lowest BCUT2D eigenvalue weighted by molar-refractivity contribution is -0.134. The molecule has 1 atom stereocenters. The minimum absolute atomic E-state index is 0.00135. The fourth-order valence-electron chi connectivity index (χ4n) is 3.64. The Morgan fingerprint density at radius 3 is 2.47 bits per heavy atom. The van der Waals surface area contributed by atoms with Gasteiger partial charge in [0.05, 0.1) is 20.1 Å². The summed E-state index contributed by atoms with van der Waals surface area (Å²) in [7, 11) is 5.01. The number of hydrogen-bond donors (Lipinski definition) is 0. The number of nitrogens with zero attached hydrogens (tertiary/aromatic N) is 2. The lowest BCUT2D eigenvalue weighted by Crippen LogP contribution is -2.36. The fourth-order valence-corrected chi connectivity index (χ4v) is 4.05. The van der Waals surface area contributed by atoms with Gasteiger partial charge in [0.15, 0.2) is 11.5 Å². The highest BCUT2D eigenvalue weighted by Crippen LogP contribution is 2.29. The van der Waals surface area contributed by atoms with Crippen molar-refractivity contribution >= 4 is 29.3 Å². The molecule has 2 aromatic rings. The molecule has 0 saturated carbocycles. The Kier molecular flexibility index (Phi) is 7.26. The summed E-state index contributed by atoms with van der Waals surface area (Å²) in [6.07, 6.45) is 2.97. The van der Waals surface area contributed by atoms with Crippen molar-refractivity contribution in [1.29, 1.82) is 0 Å². The standard InChI is InChI=1S/C23H28N2O4S/c1-24(12-11-16-5-10-20(28-2)21(13-16)29-3)23(27)17-14-22(26)25(15-17)18-6-8-19(30-4)9-7-18/h5-10,13,17H,11-12,14-15H2,1-4H3/t17-/m0/s1. The van der Waals surface area contributed by atoms with Gasteiger partial charge in [0.2, 0.25) is 11.8 Å². The van der Waals surface area contributed by atoms with Crippen LogP contribution in [0.25, 0.3) is 0 Å². The van der Waals surface area contributed by atoms with Crippen molar-refractivity contribution < 1.29 is 19.1 Å². The number of carbonyl (C=O) groups excluding carboxylic acids is 2. The Labute approximate surface area is 182 Å². The number of ether oxygens (including phenoxy) is 2. The highest BCUT2D eigenvalue weighted by atomic mass is 32.2. The van der Waals surface area contributed by atoms with Crippen LogP contribution < -0.4 is 14.4 Å². The third-order valence-corrected chi connectivity index (χ3v) is 6.16. The van der Waals surface area contributed by atoms with Crippen molar-refractivity contribution in [2.75, 3.05) is 45.5 Å². The molecule has 0 unspecified atom stereocenters. The molecule has 0 spiro atoms. The van der Waals surface area contributed by atoms with E-state index in [9.17, 15) is 9.59 Å². The third-order valence-electron chi connectivity index (χ3n) is 5.42. The average Bonchev–Trinajstić information content (AvgIpc) is 3.18. The molecular formula is C23H28N2O4S. The van der Waals surface area contributed by atoms with Crippen molar-refractivity contribution in [3.63, 3.8) is 0 Å². The van der Waals surface area contributed by atoms with Crippen molar-refractivity contribution in [3.8, 4) is 11.5 Å². The largest absolute Gasteiger partial charge is 0.493 e. The number of rotatable bonds is 8. The van der Waals surface area contributed by atoms with Gasteiger partial charge in [0.25, 0.3) is 0 Å². The van der Waals surface area contributed by atoms with Crippen LogP contribution in [-0.2, 0) is 16.0 Å². The molecule has 1 aliphatic rings. The lowest BCUT2D eigenvalue weighted by Gasteiger charge is -2.22. The topological polar surface area (TPSA) is 59.1 Å².